The molecule has 0 aliphatic rings. The van der Waals surface area contributed by atoms with Crippen molar-refractivity contribution in [3.8, 4) is 11.5 Å². The molecule has 0 saturated carbocycles. The van der Waals surface area contributed by atoms with Gasteiger partial charge in [0.15, 0.2) is 0 Å². The number of aliphatic hydroxyl groups excluding tert-OH is 1. The molecule has 18 heavy (non-hydrogen) atoms. The fraction of sp³-hybridized carbons (Fsp3) is 0.200. The average molecular weight is 246 g/mol. The van der Waals surface area contributed by atoms with Gasteiger partial charge in [0.25, 0.3) is 0 Å². The third kappa shape index (κ3) is 2.87. The van der Waals surface area contributed by atoms with E-state index in [0.717, 1.165) is 11.1 Å². The molecule has 0 aliphatic heterocycles. The van der Waals surface area contributed by atoms with Crippen molar-refractivity contribution in [3.05, 3.63) is 59.4 Å². The van der Waals surface area contributed by atoms with Crippen molar-refractivity contribution in [2.24, 2.45) is 0 Å². The molecule has 3 heteroatoms. The first kappa shape index (κ1) is 12.6. The molecule has 2 rings (SSSR count). The molecule has 1 N–H and O–H groups in total. The maximum Gasteiger partial charge on any atom is 0.130 e. The zero-order chi connectivity index (χ0) is 13.1. The summed E-state index contributed by atoms with van der Waals surface area (Å²) in [5, 5.41) is 9.40. The molecule has 0 amide bonds. The lowest BCUT2D eigenvalue weighted by Crippen LogP contribution is -1.92. The number of ether oxygens (including phenoxy) is 1. The molecule has 1 atom stereocenters. The van der Waals surface area contributed by atoms with Crippen LogP contribution in [0.25, 0.3) is 0 Å². The topological polar surface area (TPSA) is 29.5 Å². The predicted octanol–water partition coefficient (Wildman–Crippen LogP) is 3.98. The Bertz CT molecular complexity index is 533. The minimum absolute atomic E-state index is 0.274. The highest BCUT2D eigenvalue weighted by atomic mass is 19.1. The third-order valence-corrected chi connectivity index (χ3v) is 2.73. The number of aliphatic hydroxyl groups is 1. The summed E-state index contributed by atoms with van der Waals surface area (Å²) in [7, 11) is 0. The SMILES string of the molecule is Cc1cc(F)ccc1Oc1ccc(C(C)O)cc1. The van der Waals surface area contributed by atoms with Gasteiger partial charge in [-0.1, -0.05) is 12.1 Å². The number of halogens is 1. The summed E-state index contributed by atoms with van der Waals surface area (Å²) >= 11 is 0. The molecule has 0 aliphatic carbocycles. The van der Waals surface area contributed by atoms with E-state index in [1.807, 2.05) is 0 Å². The van der Waals surface area contributed by atoms with E-state index in [0.29, 0.717) is 11.5 Å². The van der Waals surface area contributed by atoms with Crippen LogP contribution in [0.3, 0.4) is 0 Å². The van der Waals surface area contributed by atoms with Gasteiger partial charge in [0.05, 0.1) is 6.10 Å². The Morgan fingerprint density at radius 1 is 1.11 bits per heavy atom. The molecule has 0 heterocycles. The van der Waals surface area contributed by atoms with E-state index < -0.39 is 6.10 Å². The first-order valence-corrected chi connectivity index (χ1v) is 5.78. The number of rotatable bonds is 3. The van der Waals surface area contributed by atoms with Crippen LogP contribution in [0.4, 0.5) is 4.39 Å². The van der Waals surface area contributed by atoms with Crippen molar-refractivity contribution in [2.45, 2.75) is 20.0 Å². The first-order valence-electron chi connectivity index (χ1n) is 5.78. The highest BCUT2D eigenvalue weighted by molar-refractivity contribution is 5.38. The Balaban J connectivity index is 2.18. The first-order chi connectivity index (χ1) is 8.56. The Morgan fingerprint density at radius 2 is 1.78 bits per heavy atom. The summed E-state index contributed by atoms with van der Waals surface area (Å²) in [5.41, 5.74) is 1.58. The van der Waals surface area contributed by atoms with Gasteiger partial charge in [-0.3, -0.25) is 0 Å². The predicted molar refractivity (Wildman–Crippen MR) is 68.3 cm³/mol. The van der Waals surface area contributed by atoms with E-state index in [9.17, 15) is 9.50 Å². The fourth-order valence-corrected chi connectivity index (χ4v) is 1.67. The van der Waals surface area contributed by atoms with Crippen molar-refractivity contribution in [2.75, 3.05) is 0 Å². The third-order valence-electron chi connectivity index (χ3n) is 2.73. The van der Waals surface area contributed by atoms with Crippen molar-refractivity contribution < 1.29 is 14.2 Å². The number of hydrogen-bond donors (Lipinski definition) is 1. The van der Waals surface area contributed by atoms with Gasteiger partial charge in [-0.15, -0.1) is 0 Å². The lowest BCUT2D eigenvalue weighted by atomic mass is 10.1. The standard InChI is InChI=1S/C15H15FO2/c1-10-9-13(16)5-8-15(10)18-14-6-3-12(4-7-14)11(2)17/h3-9,11,17H,1-2H3. The molecule has 94 valence electrons. The summed E-state index contributed by atoms with van der Waals surface area (Å²) in [6, 6.07) is 11.6. The minimum Gasteiger partial charge on any atom is -0.457 e. The largest absolute Gasteiger partial charge is 0.457 e. The van der Waals surface area contributed by atoms with Gasteiger partial charge in [0.2, 0.25) is 0 Å². The van der Waals surface area contributed by atoms with Crippen LogP contribution in [-0.2, 0) is 0 Å². The van der Waals surface area contributed by atoms with E-state index in [4.69, 9.17) is 4.74 Å². The molecule has 0 saturated heterocycles. The molecule has 0 spiro atoms. The second kappa shape index (κ2) is 5.19. The molecule has 1 unspecified atom stereocenters. The normalized spacial score (nSPS) is 12.2. The second-order valence-electron chi connectivity index (χ2n) is 4.26. The molecule has 2 nitrogen and oxygen atoms in total. The van der Waals surface area contributed by atoms with Gasteiger partial charge in [0, 0.05) is 0 Å². The molecule has 2 aromatic carbocycles. The summed E-state index contributed by atoms with van der Waals surface area (Å²) < 4.78 is 18.6. The smallest absolute Gasteiger partial charge is 0.130 e. The maximum atomic E-state index is 12.9. The van der Waals surface area contributed by atoms with Crippen LogP contribution in [0.2, 0.25) is 0 Å². The van der Waals surface area contributed by atoms with Crippen molar-refractivity contribution >= 4 is 0 Å². The number of hydrogen-bond acceptors (Lipinski definition) is 2. The average Bonchev–Trinajstić information content (AvgIpc) is 2.33. The highest BCUT2D eigenvalue weighted by Crippen LogP contribution is 2.26. The van der Waals surface area contributed by atoms with Gasteiger partial charge in [-0.25, -0.2) is 4.39 Å². The molecular weight excluding hydrogens is 231 g/mol. The van der Waals surface area contributed by atoms with E-state index in [1.54, 1.807) is 44.2 Å². The van der Waals surface area contributed by atoms with Crippen LogP contribution in [0, 0.1) is 12.7 Å². The Hall–Kier alpha value is -1.87. The van der Waals surface area contributed by atoms with Gasteiger partial charge in [0.1, 0.15) is 17.3 Å². The Morgan fingerprint density at radius 3 is 2.33 bits per heavy atom. The molecular formula is C15H15FO2. The molecule has 0 radical (unpaired) electrons. The lowest BCUT2D eigenvalue weighted by Gasteiger charge is -2.10. The summed E-state index contributed by atoms with van der Waals surface area (Å²) in [4.78, 5) is 0. The van der Waals surface area contributed by atoms with Crippen LogP contribution in [-0.4, -0.2) is 5.11 Å². The molecule has 2 aromatic rings. The Kier molecular flexibility index (Phi) is 3.63. The van der Waals surface area contributed by atoms with Gasteiger partial charge >= 0.3 is 0 Å². The van der Waals surface area contributed by atoms with Crippen molar-refractivity contribution in [1.29, 1.82) is 0 Å². The fourth-order valence-electron chi connectivity index (χ4n) is 1.67. The quantitative estimate of drug-likeness (QED) is 0.887. The van der Waals surface area contributed by atoms with Crippen LogP contribution in [0.15, 0.2) is 42.5 Å². The summed E-state index contributed by atoms with van der Waals surface area (Å²) in [6.45, 7) is 3.50. The van der Waals surface area contributed by atoms with Crippen molar-refractivity contribution in [1.82, 2.24) is 0 Å². The summed E-state index contributed by atoms with van der Waals surface area (Å²) in [6.07, 6.45) is -0.494. The van der Waals surface area contributed by atoms with E-state index in [1.165, 1.54) is 12.1 Å². The zero-order valence-electron chi connectivity index (χ0n) is 10.4. The van der Waals surface area contributed by atoms with Gasteiger partial charge in [-0.2, -0.15) is 0 Å². The lowest BCUT2D eigenvalue weighted by molar-refractivity contribution is 0.199. The zero-order valence-corrected chi connectivity index (χ0v) is 10.4. The molecule has 0 bridgehead atoms. The Labute approximate surface area is 106 Å². The monoisotopic (exact) mass is 246 g/mol. The van der Waals surface area contributed by atoms with E-state index in [2.05, 4.69) is 0 Å². The van der Waals surface area contributed by atoms with E-state index in [-0.39, 0.29) is 5.82 Å². The van der Waals surface area contributed by atoms with E-state index >= 15 is 0 Å². The van der Waals surface area contributed by atoms with Crippen LogP contribution in [0.1, 0.15) is 24.2 Å². The number of benzene rings is 2. The minimum atomic E-state index is -0.494. The van der Waals surface area contributed by atoms with Crippen LogP contribution in [0.5, 0.6) is 11.5 Å². The summed E-state index contributed by atoms with van der Waals surface area (Å²) in [5.74, 6) is 1.01. The van der Waals surface area contributed by atoms with Crippen LogP contribution < -0.4 is 4.74 Å². The highest BCUT2D eigenvalue weighted by Gasteiger charge is 2.04. The van der Waals surface area contributed by atoms with Gasteiger partial charge < -0.3 is 9.84 Å². The molecule has 0 fully saturated rings. The number of aryl methyl sites for hydroxylation is 1. The van der Waals surface area contributed by atoms with Gasteiger partial charge in [-0.05, 0) is 55.3 Å². The van der Waals surface area contributed by atoms with Crippen molar-refractivity contribution in [3.63, 3.8) is 0 Å². The molecule has 0 aromatic heterocycles. The van der Waals surface area contributed by atoms with Crippen LogP contribution >= 0.6 is 0 Å². The second-order valence-corrected chi connectivity index (χ2v) is 4.26. The maximum absolute atomic E-state index is 12.9.